The highest BCUT2D eigenvalue weighted by molar-refractivity contribution is 5.58. The zero-order valence-electron chi connectivity index (χ0n) is 15.2. The average molecular weight is 350 g/mol. The molecule has 3 aromatic rings. The summed E-state index contributed by atoms with van der Waals surface area (Å²) in [6.07, 6.45) is 0.415. The van der Waals surface area contributed by atoms with Crippen molar-refractivity contribution in [2.45, 2.75) is 27.2 Å². The molecule has 0 atom stereocenters. The van der Waals surface area contributed by atoms with Crippen LogP contribution in [-0.4, -0.2) is 21.8 Å². The maximum atomic E-state index is 12.3. The van der Waals surface area contributed by atoms with Crippen LogP contribution in [0.1, 0.15) is 29.3 Å². The molecule has 0 aliphatic heterocycles. The molecule has 134 valence electrons. The zero-order valence-corrected chi connectivity index (χ0v) is 15.2. The Balaban J connectivity index is 1.74. The van der Waals surface area contributed by atoms with Crippen molar-refractivity contribution in [3.8, 4) is 5.75 Å². The Morgan fingerprint density at radius 1 is 1.08 bits per heavy atom. The third-order valence-corrected chi connectivity index (χ3v) is 4.01. The summed E-state index contributed by atoms with van der Waals surface area (Å²) in [6.45, 7) is 6.60. The first-order valence-corrected chi connectivity index (χ1v) is 8.57. The van der Waals surface area contributed by atoms with Crippen LogP contribution in [0, 0.1) is 13.8 Å². The molecule has 0 spiro atoms. The van der Waals surface area contributed by atoms with Crippen molar-refractivity contribution in [2.24, 2.45) is 0 Å². The molecular weight excluding hydrogens is 328 g/mol. The van der Waals surface area contributed by atoms with Crippen LogP contribution in [0.5, 0.6) is 5.75 Å². The van der Waals surface area contributed by atoms with Gasteiger partial charge in [0.1, 0.15) is 11.4 Å². The minimum atomic E-state index is -0.249. The van der Waals surface area contributed by atoms with E-state index in [1.54, 1.807) is 0 Å². The lowest BCUT2D eigenvalue weighted by atomic mass is 10.1. The van der Waals surface area contributed by atoms with E-state index in [-0.39, 0.29) is 5.56 Å². The summed E-state index contributed by atoms with van der Waals surface area (Å²) in [6, 6.07) is 13.6. The zero-order chi connectivity index (χ0) is 18.5. The molecule has 0 radical (unpaired) electrons. The molecule has 0 saturated carbocycles. The first kappa shape index (κ1) is 17.7. The van der Waals surface area contributed by atoms with E-state index in [9.17, 15) is 4.79 Å². The molecule has 0 aliphatic carbocycles. The first-order valence-electron chi connectivity index (χ1n) is 8.57. The van der Waals surface area contributed by atoms with Gasteiger partial charge in [0.15, 0.2) is 0 Å². The van der Waals surface area contributed by atoms with Crippen LogP contribution < -0.4 is 15.6 Å². The maximum Gasteiger partial charge on any atom is 0.274 e. The third-order valence-electron chi connectivity index (χ3n) is 4.01. The molecule has 0 bridgehead atoms. The van der Waals surface area contributed by atoms with Gasteiger partial charge in [0.05, 0.1) is 6.61 Å². The van der Waals surface area contributed by atoms with E-state index in [0.29, 0.717) is 24.7 Å². The van der Waals surface area contributed by atoms with Crippen LogP contribution in [0.25, 0.3) is 0 Å². The van der Waals surface area contributed by atoms with Crippen LogP contribution in [0.4, 0.5) is 11.6 Å². The number of aromatic amines is 1. The second-order valence-electron chi connectivity index (χ2n) is 6.15. The minimum Gasteiger partial charge on any atom is -0.494 e. The lowest BCUT2D eigenvalue weighted by Crippen LogP contribution is -2.19. The number of hydrogen-bond acceptors (Lipinski definition) is 5. The number of rotatable bonds is 6. The average Bonchev–Trinajstić information content (AvgIpc) is 2.61. The van der Waals surface area contributed by atoms with Crippen molar-refractivity contribution in [1.82, 2.24) is 15.2 Å². The summed E-state index contributed by atoms with van der Waals surface area (Å²) < 4.78 is 5.42. The summed E-state index contributed by atoms with van der Waals surface area (Å²) in [5, 5.41) is 11.3. The number of nitrogens with zero attached hydrogens (tertiary/aromatic N) is 2. The Morgan fingerprint density at radius 3 is 2.50 bits per heavy atom. The van der Waals surface area contributed by atoms with Gasteiger partial charge in [-0.1, -0.05) is 29.8 Å². The Bertz CT molecular complexity index is 949. The highest BCUT2D eigenvalue weighted by Crippen LogP contribution is 2.18. The molecule has 1 heterocycles. The van der Waals surface area contributed by atoms with Crippen LogP contribution in [0.3, 0.4) is 0 Å². The number of aromatic nitrogens is 3. The van der Waals surface area contributed by atoms with Gasteiger partial charge >= 0.3 is 0 Å². The van der Waals surface area contributed by atoms with Crippen molar-refractivity contribution < 1.29 is 4.74 Å². The van der Waals surface area contributed by atoms with Gasteiger partial charge in [-0.3, -0.25) is 9.78 Å². The van der Waals surface area contributed by atoms with E-state index in [0.717, 1.165) is 22.6 Å². The molecule has 0 amide bonds. The topological polar surface area (TPSA) is 79.9 Å². The summed E-state index contributed by atoms with van der Waals surface area (Å²) >= 11 is 0. The maximum absolute atomic E-state index is 12.3. The SMILES string of the molecule is CCOc1ccc(Cc2nnc(Nc3ccc(C)cc3C)[nH]c2=O)cc1. The molecule has 6 nitrogen and oxygen atoms in total. The van der Waals surface area contributed by atoms with Gasteiger partial charge in [0.2, 0.25) is 5.95 Å². The quantitative estimate of drug-likeness (QED) is 0.711. The molecule has 0 fully saturated rings. The molecule has 6 heteroatoms. The molecule has 0 aliphatic rings. The van der Waals surface area contributed by atoms with E-state index < -0.39 is 0 Å². The summed E-state index contributed by atoms with van der Waals surface area (Å²) in [5.41, 5.74) is 4.24. The fourth-order valence-electron chi connectivity index (χ4n) is 2.68. The van der Waals surface area contributed by atoms with E-state index >= 15 is 0 Å². The largest absolute Gasteiger partial charge is 0.494 e. The fourth-order valence-corrected chi connectivity index (χ4v) is 2.68. The van der Waals surface area contributed by atoms with Gasteiger partial charge < -0.3 is 10.1 Å². The van der Waals surface area contributed by atoms with Crippen LogP contribution in [0.2, 0.25) is 0 Å². The Labute approximate surface area is 152 Å². The number of hydrogen-bond donors (Lipinski definition) is 2. The van der Waals surface area contributed by atoms with Crippen LogP contribution in [0.15, 0.2) is 47.3 Å². The summed E-state index contributed by atoms with van der Waals surface area (Å²) in [5.74, 6) is 1.14. The molecule has 0 unspecified atom stereocenters. The van der Waals surface area contributed by atoms with E-state index in [1.807, 2.05) is 57.2 Å². The smallest absolute Gasteiger partial charge is 0.274 e. The minimum absolute atomic E-state index is 0.249. The van der Waals surface area contributed by atoms with Gasteiger partial charge in [-0.05, 0) is 50.1 Å². The number of aryl methyl sites for hydroxylation is 2. The number of benzene rings is 2. The van der Waals surface area contributed by atoms with E-state index in [4.69, 9.17) is 4.74 Å². The van der Waals surface area contributed by atoms with Crippen molar-refractivity contribution in [1.29, 1.82) is 0 Å². The number of H-pyrrole nitrogens is 1. The number of ether oxygens (including phenoxy) is 1. The molecule has 2 aromatic carbocycles. The summed E-state index contributed by atoms with van der Waals surface area (Å²) in [7, 11) is 0. The standard InChI is InChI=1S/C20H22N4O2/c1-4-26-16-8-6-15(7-9-16)12-18-19(25)22-20(24-23-18)21-17-10-5-13(2)11-14(17)3/h5-11H,4,12H2,1-3H3,(H2,21,22,24,25). The van der Waals surface area contributed by atoms with Gasteiger partial charge in [-0.2, -0.15) is 0 Å². The highest BCUT2D eigenvalue weighted by atomic mass is 16.5. The Hall–Kier alpha value is -3.15. The van der Waals surface area contributed by atoms with Crippen molar-refractivity contribution >= 4 is 11.6 Å². The van der Waals surface area contributed by atoms with Crippen LogP contribution in [-0.2, 0) is 6.42 Å². The van der Waals surface area contributed by atoms with Crippen LogP contribution >= 0.6 is 0 Å². The Morgan fingerprint density at radius 2 is 1.85 bits per heavy atom. The second kappa shape index (κ2) is 7.82. The van der Waals surface area contributed by atoms with E-state index in [2.05, 4.69) is 26.6 Å². The molecule has 1 aromatic heterocycles. The van der Waals surface area contributed by atoms with Crippen molar-refractivity contribution in [2.75, 3.05) is 11.9 Å². The van der Waals surface area contributed by atoms with E-state index in [1.165, 1.54) is 5.56 Å². The Kier molecular flexibility index (Phi) is 5.31. The molecular formula is C20H22N4O2. The van der Waals surface area contributed by atoms with Gasteiger partial charge in [0.25, 0.3) is 5.56 Å². The predicted molar refractivity (Wildman–Crippen MR) is 102 cm³/mol. The lowest BCUT2D eigenvalue weighted by Gasteiger charge is -2.09. The monoisotopic (exact) mass is 350 g/mol. The van der Waals surface area contributed by atoms with Crippen molar-refractivity contribution in [3.63, 3.8) is 0 Å². The molecule has 2 N–H and O–H groups in total. The van der Waals surface area contributed by atoms with Gasteiger partial charge in [-0.25, -0.2) is 0 Å². The molecule has 3 rings (SSSR count). The van der Waals surface area contributed by atoms with Crippen molar-refractivity contribution in [3.05, 3.63) is 75.2 Å². The number of anilines is 2. The normalized spacial score (nSPS) is 10.6. The second-order valence-corrected chi connectivity index (χ2v) is 6.15. The third kappa shape index (κ3) is 4.27. The van der Waals surface area contributed by atoms with Gasteiger partial charge in [0, 0.05) is 12.1 Å². The predicted octanol–water partition coefficient (Wildman–Crippen LogP) is 3.51. The first-order chi connectivity index (χ1) is 12.5. The fraction of sp³-hybridized carbons (Fsp3) is 0.250. The highest BCUT2D eigenvalue weighted by Gasteiger charge is 2.08. The molecule has 26 heavy (non-hydrogen) atoms. The number of nitrogens with one attached hydrogen (secondary N) is 2. The van der Waals surface area contributed by atoms with Gasteiger partial charge in [-0.15, -0.1) is 10.2 Å². The summed E-state index contributed by atoms with van der Waals surface area (Å²) in [4.78, 5) is 15.1. The molecule has 0 saturated heterocycles. The lowest BCUT2D eigenvalue weighted by molar-refractivity contribution is 0.340.